The molecule has 28 heavy (non-hydrogen) atoms. The van der Waals surface area contributed by atoms with Crippen LogP contribution in [0.25, 0.3) is 5.69 Å². The Labute approximate surface area is 167 Å². The summed E-state index contributed by atoms with van der Waals surface area (Å²) in [5.41, 5.74) is 2.77. The summed E-state index contributed by atoms with van der Waals surface area (Å²) in [7, 11) is 0. The second-order valence-electron chi connectivity index (χ2n) is 6.03. The first kappa shape index (κ1) is 19.6. The van der Waals surface area contributed by atoms with Crippen LogP contribution in [0.5, 0.6) is 0 Å². The van der Waals surface area contributed by atoms with Crippen LogP contribution in [0.4, 0.5) is 4.79 Å². The van der Waals surface area contributed by atoms with E-state index in [2.05, 4.69) is 20.8 Å². The van der Waals surface area contributed by atoms with Gasteiger partial charge in [0.1, 0.15) is 11.6 Å². The predicted molar refractivity (Wildman–Crippen MR) is 108 cm³/mol. The first-order valence-electron chi connectivity index (χ1n) is 8.86. The van der Waals surface area contributed by atoms with Crippen LogP contribution < -0.4 is 10.6 Å². The summed E-state index contributed by atoms with van der Waals surface area (Å²) in [4.78, 5) is 24.7. The van der Waals surface area contributed by atoms with Crippen LogP contribution in [0.3, 0.4) is 0 Å². The van der Waals surface area contributed by atoms with Crippen molar-refractivity contribution in [1.82, 2.24) is 25.4 Å². The number of nitrogens with zero attached hydrogens (tertiary/aromatic N) is 3. The fraction of sp³-hybridized carbons (Fsp3) is 0.200. The average Bonchev–Trinajstić information content (AvgIpc) is 3.15. The van der Waals surface area contributed by atoms with E-state index in [-0.39, 0.29) is 0 Å². The highest BCUT2D eigenvalue weighted by Gasteiger charge is 2.26. The fourth-order valence-electron chi connectivity index (χ4n) is 2.69. The van der Waals surface area contributed by atoms with Crippen molar-refractivity contribution in [2.45, 2.75) is 24.3 Å². The average molecular weight is 395 g/mol. The van der Waals surface area contributed by atoms with Gasteiger partial charge in [0.15, 0.2) is 5.16 Å². The number of para-hydroxylation sites is 1. The van der Waals surface area contributed by atoms with E-state index in [1.54, 1.807) is 13.3 Å². The molecule has 1 aromatic heterocycles. The van der Waals surface area contributed by atoms with Crippen LogP contribution in [0.15, 0.2) is 66.1 Å². The molecule has 2 aromatic carbocycles. The van der Waals surface area contributed by atoms with E-state index in [9.17, 15) is 9.59 Å². The van der Waals surface area contributed by atoms with Gasteiger partial charge in [-0.15, -0.1) is 10.2 Å². The molecule has 2 N–H and O–H groups in total. The summed E-state index contributed by atoms with van der Waals surface area (Å²) < 4.78 is 1.84. The van der Waals surface area contributed by atoms with E-state index in [1.165, 1.54) is 11.8 Å². The van der Waals surface area contributed by atoms with Gasteiger partial charge in [0.05, 0.1) is 5.69 Å². The maximum absolute atomic E-state index is 12.8. The molecule has 1 atom stereocenters. The van der Waals surface area contributed by atoms with Crippen LogP contribution in [0.1, 0.15) is 23.3 Å². The number of hydrogen-bond donors (Lipinski definition) is 2. The van der Waals surface area contributed by atoms with Gasteiger partial charge in [-0.05, 0) is 31.0 Å². The van der Waals surface area contributed by atoms with E-state index in [0.29, 0.717) is 11.7 Å². The largest absolute Gasteiger partial charge is 0.338 e. The third-order valence-electron chi connectivity index (χ3n) is 4.03. The minimum absolute atomic E-state index is 0.415. The number of rotatable bonds is 6. The first-order valence-corrected chi connectivity index (χ1v) is 9.74. The molecule has 0 aliphatic heterocycles. The molecule has 0 radical (unpaired) electrons. The van der Waals surface area contributed by atoms with Gasteiger partial charge in [-0.1, -0.05) is 60.3 Å². The lowest BCUT2D eigenvalue weighted by Crippen LogP contribution is -2.41. The molecular formula is C20H21N5O2S. The van der Waals surface area contributed by atoms with Crippen molar-refractivity contribution in [3.05, 3.63) is 72.1 Å². The van der Waals surface area contributed by atoms with Gasteiger partial charge < -0.3 is 5.32 Å². The van der Waals surface area contributed by atoms with Crippen molar-refractivity contribution in [2.75, 3.05) is 6.54 Å². The predicted octanol–water partition coefficient (Wildman–Crippen LogP) is 3.25. The summed E-state index contributed by atoms with van der Waals surface area (Å²) in [6, 6.07) is 16.6. The molecule has 3 rings (SSSR count). The lowest BCUT2D eigenvalue weighted by Gasteiger charge is -2.17. The number of hydrogen-bond acceptors (Lipinski definition) is 5. The summed E-state index contributed by atoms with van der Waals surface area (Å²) in [6.45, 7) is 4.22. The summed E-state index contributed by atoms with van der Waals surface area (Å²) in [6.07, 6.45) is 1.62. The lowest BCUT2D eigenvalue weighted by molar-refractivity contribution is -0.119. The molecule has 3 amide bonds. The zero-order valence-corrected chi connectivity index (χ0v) is 16.4. The number of benzene rings is 2. The Balaban J connectivity index is 1.91. The SMILES string of the molecule is CCNC(=O)NC(=O)[C@H](Sc1nncn1-c1ccccc1C)c1ccccc1. The van der Waals surface area contributed by atoms with Gasteiger partial charge in [-0.3, -0.25) is 14.7 Å². The van der Waals surface area contributed by atoms with Gasteiger partial charge in [0.2, 0.25) is 5.91 Å². The fourth-order valence-corrected chi connectivity index (χ4v) is 3.72. The Kier molecular flexibility index (Phi) is 6.44. The van der Waals surface area contributed by atoms with Crippen molar-refractivity contribution < 1.29 is 9.59 Å². The number of carbonyl (C=O) groups excluding carboxylic acids is 2. The molecule has 8 heteroatoms. The molecule has 0 fully saturated rings. The number of thioether (sulfide) groups is 1. The Morgan fingerprint density at radius 1 is 1.11 bits per heavy atom. The number of urea groups is 1. The van der Waals surface area contributed by atoms with Crippen molar-refractivity contribution >= 4 is 23.7 Å². The summed E-state index contributed by atoms with van der Waals surface area (Å²) in [5, 5.41) is 13.1. The van der Waals surface area contributed by atoms with Crippen LogP contribution in [-0.2, 0) is 4.79 Å². The van der Waals surface area contributed by atoms with E-state index < -0.39 is 17.2 Å². The van der Waals surface area contributed by atoms with Crippen molar-refractivity contribution in [3.63, 3.8) is 0 Å². The highest BCUT2D eigenvalue weighted by molar-refractivity contribution is 8.00. The number of imide groups is 1. The zero-order chi connectivity index (χ0) is 19.9. The minimum Gasteiger partial charge on any atom is -0.338 e. The van der Waals surface area contributed by atoms with Gasteiger partial charge in [-0.25, -0.2) is 4.79 Å². The molecule has 1 heterocycles. The van der Waals surface area contributed by atoms with E-state index >= 15 is 0 Å². The lowest BCUT2D eigenvalue weighted by atomic mass is 10.1. The van der Waals surface area contributed by atoms with E-state index in [1.807, 2.05) is 66.1 Å². The maximum Gasteiger partial charge on any atom is 0.321 e. The number of aryl methyl sites for hydroxylation is 1. The summed E-state index contributed by atoms with van der Waals surface area (Å²) in [5.74, 6) is -0.415. The second-order valence-corrected chi connectivity index (χ2v) is 7.10. The Hall–Kier alpha value is -3.13. The normalized spacial score (nSPS) is 11.6. The summed E-state index contributed by atoms with van der Waals surface area (Å²) >= 11 is 1.24. The molecule has 0 saturated carbocycles. The molecule has 0 bridgehead atoms. The molecule has 144 valence electrons. The number of amides is 3. The van der Waals surface area contributed by atoms with Gasteiger partial charge in [-0.2, -0.15) is 0 Å². The Morgan fingerprint density at radius 3 is 2.54 bits per heavy atom. The number of carbonyl (C=O) groups is 2. The van der Waals surface area contributed by atoms with Crippen LogP contribution in [0.2, 0.25) is 0 Å². The minimum atomic E-state index is -0.657. The van der Waals surface area contributed by atoms with Crippen LogP contribution in [-0.4, -0.2) is 33.2 Å². The molecular weight excluding hydrogens is 374 g/mol. The standard InChI is InChI=1S/C20H21N5O2S/c1-3-21-19(27)23-18(26)17(15-10-5-4-6-11-15)28-20-24-22-13-25(20)16-12-8-7-9-14(16)2/h4-13,17H,3H2,1-2H3,(H2,21,23,26,27)/t17-/m1/s1. The zero-order valence-electron chi connectivity index (χ0n) is 15.6. The van der Waals surface area contributed by atoms with E-state index in [0.717, 1.165) is 16.8 Å². The molecule has 0 unspecified atom stereocenters. The third-order valence-corrected chi connectivity index (χ3v) is 5.24. The molecule has 7 nitrogen and oxygen atoms in total. The second kappa shape index (κ2) is 9.18. The highest BCUT2D eigenvalue weighted by atomic mass is 32.2. The number of nitrogens with one attached hydrogen (secondary N) is 2. The van der Waals surface area contributed by atoms with Crippen LogP contribution >= 0.6 is 11.8 Å². The van der Waals surface area contributed by atoms with Crippen molar-refractivity contribution in [1.29, 1.82) is 0 Å². The first-order chi connectivity index (χ1) is 13.6. The molecule has 0 spiro atoms. The highest BCUT2D eigenvalue weighted by Crippen LogP contribution is 2.35. The topological polar surface area (TPSA) is 88.9 Å². The Bertz CT molecular complexity index is 958. The quantitative estimate of drug-likeness (QED) is 0.626. The van der Waals surface area contributed by atoms with Crippen molar-refractivity contribution in [3.8, 4) is 5.69 Å². The molecule has 3 aromatic rings. The maximum atomic E-state index is 12.8. The monoisotopic (exact) mass is 395 g/mol. The van der Waals surface area contributed by atoms with E-state index in [4.69, 9.17) is 0 Å². The number of aromatic nitrogens is 3. The van der Waals surface area contributed by atoms with Gasteiger partial charge in [0, 0.05) is 6.54 Å². The van der Waals surface area contributed by atoms with Gasteiger partial charge in [0.25, 0.3) is 0 Å². The van der Waals surface area contributed by atoms with Gasteiger partial charge >= 0.3 is 6.03 Å². The molecule has 0 aliphatic carbocycles. The smallest absolute Gasteiger partial charge is 0.321 e. The van der Waals surface area contributed by atoms with Crippen molar-refractivity contribution in [2.24, 2.45) is 0 Å². The Morgan fingerprint density at radius 2 is 1.82 bits per heavy atom. The molecule has 0 saturated heterocycles. The van der Waals surface area contributed by atoms with Crippen LogP contribution in [0, 0.1) is 6.92 Å². The third kappa shape index (κ3) is 4.58. The molecule has 0 aliphatic rings.